The topological polar surface area (TPSA) is 54.6 Å². The Morgan fingerprint density at radius 1 is 1.25 bits per heavy atom. The molecule has 0 amide bonds. The Morgan fingerprint density at radius 3 is 2.55 bits per heavy atom. The quantitative estimate of drug-likeness (QED) is 0.890. The van der Waals surface area contributed by atoms with Gasteiger partial charge in [-0.05, 0) is 25.0 Å². The Bertz CT molecular complexity index is 428. The molecule has 0 atom stereocenters. The summed E-state index contributed by atoms with van der Waals surface area (Å²) in [5, 5.41) is 0. The molecule has 2 N–H and O–H groups in total. The molecular formula is C15H26N4O. The van der Waals surface area contributed by atoms with Crippen LogP contribution in [0.5, 0.6) is 5.88 Å². The highest BCUT2D eigenvalue weighted by atomic mass is 16.5. The molecule has 20 heavy (non-hydrogen) atoms. The first-order valence-electron chi connectivity index (χ1n) is 7.46. The minimum absolute atomic E-state index is 0.551. The average molecular weight is 278 g/mol. The predicted octanol–water partition coefficient (Wildman–Crippen LogP) is 1.84. The highest BCUT2D eigenvalue weighted by Crippen LogP contribution is 2.24. The highest BCUT2D eigenvalue weighted by molar-refractivity contribution is 5.54. The summed E-state index contributed by atoms with van der Waals surface area (Å²) in [6.45, 7) is 12.4. The van der Waals surface area contributed by atoms with Gasteiger partial charge < -0.3 is 15.4 Å². The third-order valence-corrected chi connectivity index (χ3v) is 3.48. The van der Waals surface area contributed by atoms with Crippen molar-refractivity contribution in [2.45, 2.75) is 20.8 Å². The Balaban J connectivity index is 1.98. The van der Waals surface area contributed by atoms with Gasteiger partial charge in [-0.25, -0.2) is 0 Å². The van der Waals surface area contributed by atoms with Crippen molar-refractivity contribution >= 4 is 11.5 Å². The zero-order chi connectivity index (χ0) is 14.5. The summed E-state index contributed by atoms with van der Waals surface area (Å²) >= 11 is 0. The lowest BCUT2D eigenvalue weighted by Crippen LogP contribution is -2.47. The molecule has 0 aromatic carbocycles. The van der Waals surface area contributed by atoms with Crippen molar-refractivity contribution in [3.05, 3.63) is 12.1 Å². The van der Waals surface area contributed by atoms with Gasteiger partial charge in [0.05, 0.1) is 12.3 Å². The van der Waals surface area contributed by atoms with Gasteiger partial charge in [0, 0.05) is 32.7 Å². The minimum atomic E-state index is 0.551. The van der Waals surface area contributed by atoms with Gasteiger partial charge in [0.2, 0.25) is 5.88 Å². The number of pyridine rings is 1. The van der Waals surface area contributed by atoms with Gasteiger partial charge in [0.1, 0.15) is 5.82 Å². The van der Waals surface area contributed by atoms with Crippen LogP contribution in [0.15, 0.2) is 12.1 Å². The third-order valence-electron chi connectivity index (χ3n) is 3.48. The molecule has 2 heterocycles. The van der Waals surface area contributed by atoms with E-state index in [1.165, 1.54) is 6.54 Å². The van der Waals surface area contributed by atoms with Crippen molar-refractivity contribution in [3.63, 3.8) is 0 Å². The summed E-state index contributed by atoms with van der Waals surface area (Å²) in [4.78, 5) is 9.35. The van der Waals surface area contributed by atoms with Crippen LogP contribution in [0.25, 0.3) is 0 Å². The maximum absolute atomic E-state index is 5.87. The first-order chi connectivity index (χ1) is 9.60. The molecule has 1 aromatic rings. The molecule has 5 nitrogen and oxygen atoms in total. The molecule has 112 valence electrons. The molecule has 0 bridgehead atoms. The SMILES string of the molecule is CCOc1nc(N2CCN(CC(C)C)CC2)ccc1N. The van der Waals surface area contributed by atoms with Crippen LogP contribution in [-0.4, -0.2) is 49.2 Å². The standard InChI is InChI=1S/C15H26N4O/c1-4-20-15-13(16)5-6-14(17-15)19-9-7-18(8-10-19)11-12(2)3/h5-6,12H,4,7-11,16H2,1-3H3. The summed E-state index contributed by atoms with van der Waals surface area (Å²) in [6, 6.07) is 3.86. The number of nitrogen functional groups attached to an aromatic ring is 1. The van der Waals surface area contributed by atoms with E-state index in [-0.39, 0.29) is 0 Å². The molecular weight excluding hydrogens is 252 g/mol. The highest BCUT2D eigenvalue weighted by Gasteiger charge is 2.19. The number of hydrogen-bond donors (Lipinski definition) is 1. The van der Waals surface area contributed by atoms with Gasteiger partial charge >= 0.3 is 0 Å². The molecule has 0 radical (unpaired) electrons. The number of ether oxygens (including phenoxy) is 1. The second kappa shape index (κ2) is 6.79. The fourth-order valence-electron chi connectivity index (χ4n) is 2.55. The minimum Gasteiger partial charge on any atom is -0.476 e. The molecule has 1 saturated heterocycles. The number of nitrogens with two attached hydrogens (primary N) is 1. The lowest BCUT2D eigenvalue weighted by Gasteiger charge is -2.36. The second-order valence-electron chi connectivity index (χ2n) is 5.68. The number of rotatable bonds is 5. The summed E-state index contributed by atoms with van der Waals surface area (Å²) in [5.41, 5.74) is 6.47. The van der Waals surface area contributed by atoms with E-state index in [2.05, 4.69) is 28.6 Å². The lowest BCUT2D eigenvalue weighted by atomic mass is 10.2. The fraction of sp³-hybridized carbons (Fsp3) is 0.667. The van der Waals surface area contributed by atoms with Crippen molar-refractivity contribution in [2.24, 2.45) is 5.92 Å². The molecule has 0 saturated carbocycles. The normalized spacial score (nSPS) is 16.7. The molecule has 5 heteroatoms. The lowest BCUT2D eigenvalue weighted by molar-refractivity contribution is 0.230. The Hall–Kier alpha value is -1.49. The van der Waals surface area contributed by atoms with Gasteiger partial charge in [-0.15, -0.1) is 0 Å². The van der Waals surface area contributed by atoms with Crippen molar-refractivity contribution in [1.82, 2.24) is 9.88 Å². The molecule has 0 aliphatic carbocycles. The van der Waals surface area contributed by atoms with E-state index in [9.17, 15) is 0 Å². The number of piperazine rings is 1. The smallest absolute Gasteiger partial charge is 0.239 e. The molecule has 0 spiro atoms. The summed E-state index contributed by atoms with van der Waals surface area (Å²) in [6.07, 6.45) is 0. The summed E-state index contributed by atoms with van der Waals surface area (Å²) in [5.74, 6) is 2.24. The molecule has 1 fully saturated rings. The molecule has 1 aromatic heterocycles. The van der Waals surface area contributed by atoms with E-state index >= 15 is 0 Å². The van der Waals surface area contributed by atoms with Crippen LogP contribution in [0.4, 0.5) is 11.5 Å². The van der Waals surface area contributed by atoms with Crippen LogP contribution in [0.3, 0.4) is 0 Å². The van der Waals surface area contributed by atoms with Gasteiger partial charge in [0.25, 0.3) is 0 Å². The Morgan fingerprint density at radius 2 is 1.95 bits per heavy atom. The largest absolute Gasteiger partial charge is 0.476 e. The monoisotopic (exact) mass is 278 g/mol. The molecule has 2 rings (SSSR count). The van der Waals surface area contributed by atoms with E-state index < -0.39 is 0 Å². The second-order valence-corrected chi connectivity index (χ2v) is 5.68. The van der Waals surface area contributed by atoms with E-state index in [1.54, 1.807) is 0 Å². The van der Waals surface area contributed by atoms with Crippen molar-refractivity contribution in [3.8, 4) is 5.88 Å². The maximum Gasteiger partial charge on any atom is 0.239 e. The van der Waals surface area contributed by atoms with E-state index in [0.29, 0.717) is 18.2 Å². The molecule has 1 aliphatic heterocycles. The predicted molar refractivity (Wildman–Crippen MR) is 83.3 cm³/mol. The van der Waals surface area contributed by atoms with Crippen LogP contribution in [0.2, 0.25) is 0 Å². The van der Waals surface area contributed by atoms with E-state index in [0.717, 1.165) is 37.9 Å². The Labute approximate surface area is 121 Å². The summed E-state index contributed by atoms with van der Waals surface area (Å²) < 4.78 is 5.47. The maximum atomic E-state index is 5.87. The van der Waals surface area contributed by atoms with Gasteiger partial charge in [-0.3, -0.25) is 4.90 Å². The van der Waals surface area contributed by atoms with Crippen molar-refractivity contribution in [1.29, 1.82) is 0 Å². The van der Waals surface area contributed by atoms with Gasteiger partial charge in [0.15, 0.2) is 0 Å². The summed E-state index contributed by atoms with van der Waals surface area (Å²) in [7, 11) is 0. The van der Waals surface area contributed by atoms with Crippen LogP contribution in [0.1, 0.15) is 20.8 Å². The zero-order valence-electron chi connectivity index (χ0n) is 12.8. The molecule has 0 unspecified atom stereocenters. The number of anilines is 2. The van der Waals surface area contributed by atoms with Gasteiger partial charge in [-0.2, -0.15) is 4.98 Å². The first-order valence-corrected chi connectivity index (χ1v) is 7.46. The molecule has 1 aliphatic rings. The van der Waals surface area contributed by atoms with E-state index in [4.69, 9.17) is 10.5 Å². The van der Waals surface area contributed by atoms with Crippen LogP contribution in [0, 0.1) is 5.92 Å². The fourth-order valence-corrected chi connectivity index (χ4v) is 2.55. The van der Waals surface area contributed by atoms with Crippen molar-refractivity contribution < 1.29 is 4.74 Å². The average Bonchev–Trinajstić information content (AvgIpc) is 2.42. The first kappa shape index (κ1) is 14.9. The van der Waals surface area contributed by atoms with Crippen molar-refractivity contribution in [2.75, 3.05) is 50.0 Å². The van der Waals surface area contributed by atoms with Crippen LogP contribution in [-0.2, 0) is 0 Å². The van der Waals surface area contributed by atoms with Gasteiger partial charge in [-0.1, -0.05) is 13.8 Å². The van der Waals surface area contributed by atoms with Crippen LogP contribution < -0.4 is 15.4 Å². The number of nitrogens with zero attached hydrogens (tertiary/aromatic N) is 3. The number of hydrogen-bond acceptors (Lipinski definition) is 5. The van der Waals surface area contributed by atoms with E-state index in [1.807, 2.05) is 19.1 Å². The third kappa shape index (κ3) is 3.76. The Kier molecular flexibility index (Phi) is 5.06. The van der Waals surface area contributed by atoms with Crippen LogP contribution >= 0.6 is 0 Å². The number of aromatic nitrogens is 1. The zero-order valence-corrected chi connectivity index (χ0v) is 12.8.